The van der Waals surface area contributed by atoms with Crippen molar-refractivity contribution in [3.63, 3.8) is 0 Å². The SMILES string of the molecule is CCN(Cc1ccccc1C)C(=O)C1CCC(CN)O1. The smallest absolute Gasteiger partial charge is 0.252 e. The summed E-state index contributed by atoms with van der Waals surface area (Å²) in [6.45, 7) is 5.92. The lowest BCUT2D eigenvalue weighted by molar-refractivity contribution is -0.143. The fraction of sp³-hybridized carbons (Fsp3) is 0.562. The molecule has 1 heterocycles. The van der Waals surface area contributed by atoms with E-state index in [-0.39, 0.29) is 18.1 Å². The molecule has 0 spiro atoms. The molecule has 2 N–H and O–H groups in total. The van der Waals surface area contributed by atoms with Crippen molar-refractivity contribution < 1.29 is 9.53 Å². The number of amides is 1. The first-order valence-corrected chi connectivity index (χ1v) is 7.34. The molecular weight excluding hydrogens is 252 g/mol. The maximum Gasteiger partial charge on any atom is 0.252 e. The summed E-state index contributed by atoms with van der Waals surface area (Å²) in [7, 11) is 0. The minimum atomic E-state index is -0.312. The molecule has 0 saturated carbocycles. The number of likely N-dealkylation sites (N-methyl/N-ethyl adjacent to an activating group) is 1. The van der Waals surface area contributed by atoms with E-state index in [9.17, 15) is 4.79 Å². The molecule has 1 fully saturated rings. The average Bonchev–Trinajstić information content (AvgIpc) is 2.94. The monoisotopic (exact) mass is 276 g/mol. The van der Waals surface area contributed by atoms with Gasteiger partial charge in [0.05, 0.1) is 6.10 Å². The van der Waals surface area contributed by atoms with Gasteiger partial charge in [0.25, 0.3) is 5.91 Å². The van der Waals surface area contributed by atoms with E-state index in [1.54, 1.807) is 0 Å². The minimum Gasteiger partial charge on any atom is -0.364 e. The number of nitrogens with two attached hydrogens (primary N) is 1. The molecule has 0 bridgehead atoms. The Hall–Kier alpha value is -1.39. The minimum absolute atomic E-state index is 0.0427. The number of rotatable bonds is 5. The summed E-state index contributed by atoms with van der Waals surface area (Å²) in [6, 6.07) is 8.17. The molecule has 1 aromatic rings. The van der Waals surface area contributed by atoms with Gasteiger partial charge in [-0.15, -0.1) is 0 Å². The molecule has 1 aliphatic heterocycles. The standard InChI is InChI=1S/C16H24N2O2/c1-3-18(11-13-7-5-4-6-12(13)2)16(19)15-9-8-14(10-17)20-15/h4-7,14-15H,3,8-11,17H2,1-2H3. The lowest BCUT2D eigenvalue weighted by atomic mass is 10.1. The molecular formula is C16H24N2O2. The van der Waals surface area contributed by atoms with Gasteiger partial charge >= 0.3 is 0 Å². The molecule has 0 aromatic heterocycles. The first-order valence-electron chi connectivity index (χ1n) is 7.34. The Morgan fingerprint density at radius 3 is 2.75 bits per heavy atom. The van der Waals surface area contributed by atoms with Gasteiger partial charge in [-0.2, -0.15) is 0 Å². The highest BCUT2D eigenvalue weighted by Crippen LogP contribution is 2.22. The molecule has 1 aliphatic rings. The molecule has 20 heavy (non-hydrogen) atoms. The van der Waals surface area contributed by atoms with E-state index in [2.05, 4.69) is 19.1 Å². The lowest BCUT2D eigenvalue weighted by Gasteiger charge is -2.25. The predicted octanol–water partition coefficient (Wildman–Crippen LogP) is 1.85. The van der Waals surface area contributed by atoms with Crippen molar-refractivity contribution in [2.75, 3.05) is 13.1 Å². The van der Waals surface area contributed by atoms with Crippen LogP contribution in [0, 0.1) is 6.92 Å². The van der Waals surface area contributed by atoms with Crippen LogP contribution in [0.2, 0.25) is 0 Å². The molecule has 1 aromatic carbocycles. The van der Waals surface area contributed by atoms with Crippen molar-refractivity contribution in [2.45, 2.75) is 45.4 Å². The third kappa shape index (κ3) is 3.38. The first-order chi connectivity index (χ1) is 9.65. The molecule has 2 unspecified atom stereocenters. The molecule has 110 valence electrons. The van der Waals surface area contributed by atoms with Gasteiger partial charge in [0.1, 0.15) is 6.10 Å². The van der Waals surface area contributed by atoms with Crippen LogP contribution in [0.25, 0.3) is 0 Å². The maximum atomic E-state index is 12.5. The van der Waals surface area contributed by atoms with E-state index in [0.717, 1.165) is 12.8 Å². The van der Waals surface area contributed by atoms with E-state index in [1.807, 2.05) is 24.0 Å². The summed E-state index contributed by atoms with van der Waals surface area (Å²) in [6.07, 6.45) is 1.40. The van der Waals surface area contributed by atoms with Gasteiger partial charge in [-0.25, -0.2) is 0 Å². The van der Waals surface area contributed by atoms with E-state index in [1.165, 1.54) is 11.1 Å². The average molecular weight is 276 g/mol. The van der Waals surface area contributed by atoms with Crippen molar-refractivity contribution in [2.24, 2.45) is 5.73 Å². The van der Waals surface area contributed by atoms with Gasteiger partial charge in [-0.1, -0.05) is 24.3 Å². The first kappa shape index (κ1) is 15.0. The number of benzene rings is 1. The van der Waals surface area contributed by atoms with Crippen LogP contribution >= 0.6 is 0 Å². The second-order valence-corrected chi connectivity index (χ2v) is 5.34. The van der Waals surface area contributed by atoms with Crippen LogP contribution in [0.5, 0.6) is 0 Å². The Kier molecular flexibility index (Phi) is 5.15. The van der Waals surface area contributed by atoms with Gasteiger partial charge in [0, 0.05) is 19.6 Å². The summed E-state index contributed by atoms with van der Waals surface area (Å²) in [5.74, 6) is 0.0895. The van der Waals surface area contributed by atoms with E-state index >= 15 is 0 Å². The number of ether oxygens (including phenoxy) is 1. The third-order valence-corrected chi connectivity index (χ3v) is 3.96. The Labute approximate surface area is 120 Å². The Morgan fingerprint density at radius 2 is 2.15 bits per heavy atom. The highest BCUT2D eigenvalue weighted by molar-refractivity contribution is 5.81. The van der Waals surface area contributed by atoms with E-state index in [0.29, 0.717) is 19.6 Å². The number of nitrogens with zero attached hydrogens (tertiary/aromatic N) is 1. The second-order valence-electron chi connectivity index (χ2n) is 5.34. The summed E-state index contributed by atoms with van der Waals surface area (Å²) in [4.78, 5) is 14.4. The lowest BCUT2D eigenvalue weighted by Crippen LogP contribution is -2.39. The Balaban J connectivity index is 2.01. The molecule has 1 amide bonds. The fourth-order valence-electron chi connectivity index (χ4n) is 2.60. The molecule has 4 nitrogen and oxygen atoms in total. The quantitative estimate of drug-likeness (QED) is 0.893. The van der Waals surface area contributed by atoms with Crippen LogP contribution in [0.15, 0.2) is 24.3 Å². The van der Waals surface area contributed by atoms with Gasteiger partial charge in [-0.3, -0.25) is 4.79 Å². The van der Waals surface area contributed by atoms with Gasteiger partial charge in [-0.05, 0) is 37.8 Å². The summed E-state index contributed by atoms with van der Waals surface area (Å²) in [5, 5.41) is 0. The second kappa shape index (κ2) is 6.86. The summed E-state index contributed by atoms with van der Waals surface area (Å²) >= 11 is 0. The molecule has 2 atom stereocenters. The van der Waals surface area contributed by atoms with Crippen LogP contribution in [0.4, 0.5) is 0 Å². The number of carbonyl (C=O) groups excluding carboxylic acids is 1. The van der Waals surface area contributed by atoms with Crippen molar-refractivity contribution in [3.8, 4) is 0 Å². The van der Waals surface area contributed by atoms with Gasteiger partial charge in [0.2, 0.25) is 0 Å². The zero-order valence-electron chi connectivity index (χ0n) is 12.3. The van der Waals surface area contributed by atoms with Crippen molar-refractivity contribution in [3.05, 3.63) is 35.4 Å². The number of hydrogen-bond donors (Lipinski definition) is 1. The van der Waals surface area contributed by atoms with Crippen LogP contribution in [0.1, 0.15) is 30.9 Å². The number of aryl methyl sites for hydroxylation is 1. The highest BCUT2D eigenvalue weighted by Gasteiger charge is 2.32. The van der Waals surface area contributed by atoms with Crippen LogP contribution in [-0.2, 0) is 16.1 Å². The summed E-state index contributed by atoms with van der Waals surface area (Å²) < 4.78 is 5.71. The Morgan fingerprint density at radius 1 is 1.40 bits per heavy atom. The number of carbonyl (C=O) groups is 1. The normalized spacial score (nSPS) is 21.9. The largest absolute Gasteiger partial charge is 0.364 e. The topological polar surface area (TPSA) is 55.6 Å². The van der Waals surface area contributed by atoms with Crippen molar-refractivity contribution in [1.82, 2.24) is 4.90 Å². The van der Waals surface area contributed by atoms with Crippen LogP contribution in [0.3, 0.4) is 0 Å². The Bertz CT molecular complexity index is 462. The zero-order chi connectivity index (χ0) is 14.5. The molecule has 0 aliphatic carbocycles. The van der Waals surface area contributed by atoms with Crippen molar-refractivity contribution >= 4 is 5.91 Å². The highest BCUT2D eigenvalue weighted by atomic mass is 16.5. The summed E-state index contributed by atoms with van der Waals surface area (Å²) in [5.41, 5.74) is 8.00. The maximum absolute atomic E-state index is 12.5. The molecule has 1 saturated heterocycles. The third-order valence-electron chi connectivity index (χ3n) is 3.96. The zero-order valence-corrected chi connectivity index (χ0v) is 12.3. The van der Waals surface area contributed by atoms with Crippen LogP contribution < -0.4 is 5.73 Å². The molecule has 2 rings (SSSR count). The molecule has 4 heteroatoms. The number of hydrogen-bond acceptors (Lipinski definition) is 3. The fourth-order valence-corrected chi connectivity index (χ4v) is 2.60. The van der Waals surface area contributed by atoms with Crippen LogP contribution in [-0.4, -0.2) is 36.1 Å². The van der Waals surface area contributed by atoms with Gasteiger partial charge in [0.15, 0.2) is 0 Å². The van der Waals surface area contributed by atoms with Gasteiger partial charge < -0.3 is 15.4 Å². The predicted molar refractivity (Wildman–Crippen MR) is 79.2 cm³/mol. The van der Waals surface area contributed by atoms with E-state index in [4.69, 9.17) is 10.5 Å². The molecule has 0 radical (unpaired) electrons. The van der Waals surface area contributed by atoms with E-state index < -0.39 is 0 Å². The van der Waals surface area contributed by atoms with Crippen molar-refractivity contribution in [1.29, 1.82) is 0 Å².